The van der Waals surface area contributed by atoms with Crippen molar-refractivity contribution in [1.82, 2.24) is 9.88 Å². The lowest BCUT2D eigenvalue weighted by molar-refractivity contribution is -0.385. The van der Waals surface area contributed by atoms with E-state index in [-0.39, 0.29) is 24.0 Å². The van der Waals surface area contributed by atoms with Gasteiger partial charge in [0.2, 0.25) is 0 Å². The molecule has 1 amide bonds. The van der Waals surface area contributed by atoms with Crippen LogP contribution >= 0.6 is 0 Å². The van der Waals surface area contributed by atoms with E-state index in [0.717, 1.165) is 5.82 Å². The van der Waals surface area contributed by atoms with Crippen molar-refractivity contribution in [3.05, 3.63) is 52.7 Å². The highest BCUT2D eigenvalue weighted by atomic mass is 16.6. The molecule has 27 heavy (non-hydrogen) atoms. The molecule has 9 nitrogen and oxygen atoms in total. The standard InChI is InChI=1S/C18H20N4O5/c1-26-15-6-5-14(22(24)25)12-16(15)27-13-18(23)21-10-8-20(9-11-21)17-4-2-3-7-19-17/h2-7,12H,8-11,13H2,1H3. The molecular formula is C18H20N4O5. The van der Waals surface area contributed by atoms with Gasteiger partial charge in [0.05, 0.1) is 18.1 Å². The molecule has 1 aromatic heterocycles. The van der Waals surface area contributed by atoms with Gasteiger partial charge in [-0.15, -0.1) is 0 Å². The number of nitro groups is 1. The van der Waals surface area contributed by atoms with Crippen LogP contribution in [0.3, 0.4) is 0 Å². The second-order valence-electron chi connectivity index (χ2n) is 5.94. The van der Waals surface area contributed by atoms with Crippen molar-refractivity contribution < 1.29 is 19.2 Å². The quantitative estimate of drug-likeness (QED) is 0.562. The average Bonchev–Trinajstić information content (AvgIpc) is 2.72. The minimum atomic E-state index is -0.523. The third kappa shape index (κ3) is 4.43. The number of hydrogen-bond donors (Lipinski definition) is 0. The van der Waals surface area contributed by atoms with Crippen molar-refractivity contribution in [2.75, 3.05) is 44.8 Å². The number of amides is 1. The summed E-state index contributed by atoms with van der Waals surface area (Å²) in [6.07, 6.45) is 1.74. The van der Waals surface area contributed by atoms with Crippen molar-refractivity contribution in [3.63, 3.8) is 0 Å². The van der Waals surface area contributed by atoms with Crippen molar-refractivity contribution in [2.45, 2.75) is 0 Å². The van der Waals surface area contributed by atoms with Crippen LogP contribution in [-0.4, -0.2) is 60.6 Å². The maximum atomic E-state index is 12.4. The van der Waals surface area contributed by atoms with E-state index in [9.17, 15) is 14.9 Å². The summed E-state index contributed by atoms with van der Waals surface area (Å²) in [5, 5.41) is 10.9. The number of aromatic nitrogens is 1. The number of rotatable bonds is 6. The summed E-state index contributed by atoms with van der Waals surface area (Å²) >= 11 is 0. The first kappa shape index (κ1) is 18.4. The van der Waals surface area contributed by atoms with Crippen LogP contribution in [0.15, 0.2) is 42.6 Å². The van der Waals surface area contributed by atoms with Gasteiger partial charge in [-0.3, -0.25) is 14.9 Å². The zero-order valence-corrected chi connectivity index (χ0v) is 14.9. The van der Waals surface area contributed by atoms with Crippen molar-refractivity contribution in [1.29, 1.82) is 0 Å². The molecule has 142 valence electrons. The van der Waals surface area contributed by atoms with Crippen LogP contribution in [0.2, 0.25) is 0 Å². The van der Waals surface area contributed by atoms with E-state index < -0.39 is 4.92 Å². The lowest BCUT2D eigenvalue weighted by Crippen LogP contribution is -2.50. The van der Waals surface area contributed by atoms with E-state index in [0.29, 0.717) is 31.9 Å². The minimum absolute atomic E-state index is 0.123. The van der Waals surface area contributed by atoms with Gasteiger partial charge in [-0.05, 0) is 18.2 Å². The van der Waals surface area contributed by atoms with E-state index in [2.05, 4.69) is 9.88 Å². The fraction of sp³-hybridized carbons (Fsp3) is 0.333. The fourth-order valence-electron chi connectivity index (χ4n) is 2.85. The van der Waals surface area contributed by atoms with Gasteiger partial charge in [-0.1, -0.05) is 6.07 Å². The first-order valence-electron chi connectivity index (χ1n) is 8.47. The zero-order chi connectivity index (χ0) is 19.2. The summed E-state index contributed by atoms with van der Waals surface area (Å²) in [4.78, 5) is 31.0. The van der Waals surface area contributed by atoms with Gasteiger partial charge in [-0.25, -0.2) is 4.98 Å². The Hall–Kier alpha value is -3.36. The molecule has 1 saturated heterocycles. The summed E-state index contributed by atoms with van der Waals surface area (Å²) in [5.74, 6) is 1.23. The molecule has 1 aliphatic heterocycles. The SMILES string of the molecule is COc1ccc([N+](=O)[O-])cc1OCC(=O)N1CCN(c2ccccn2)CC1. The molecule has 2 aromatic rings. The molecule has 0 atom stereocenters. The fourth-order valence-corrected chi connectivity index (χ4v) is 2.85. The number of carbonyl (C=O) groups is 1. The van der Waals surface area contributed by atoms with Crippen LogP contribution in [0.25, 0.3) is 0 Å². The molecule has 1 aliphatic rings. The van der Waals surface area contributed by atoms with Gasteiger partial charge in [0.15, 0.2) is 18.1 Å². The monoisotopic (exact) mass is 372 g/mol. The Kier molecular flexibility index (Phi) is 5.70. The number of anilines is 1. The largest absolute Gasteiger partial charge is 0.493 e. The number of hydrogen-bond acceptors (Lipinski definition) is 7. The maximum Gasteiger partial charge on any atom is 0.273 e. The Morgan fingerprint density at radius 3 is 2.59 bits per heavy atom. The van der Waals surface area contributed by atoms with Crippen LogP contribution < -0.4 is 14.4 Å². The number of benzene rings is 1. The maximum absolute atomic E-state index is 12.4. The number of pyridine rings is 1. The summed E-state index contributed by atoms with van der Waals surface area (Å²) in [7, 11) is 1.44. The summed E-state index contributed by atoms with van der Waals surface area (Å²) in [6.45, 7) is 2.28. The van der Waals surface area contributed by atoms with E-state index >= 15 is 0 Å². The van der Waals surface area contributed by atoms with Gasteiger partial charge in [0, 0.05) is 38.4 Å². The number of nitro benzene ring substituents is 1. The van der Waals surface area contributed by atoms with E-state index in [1.54, 1.807) is 11.1 Å². The molecule has 9 heteroatoms. The lowest BCUT2D eigenvalue weighted by atomic mass is 10.3. The molecule has 0 aliphatic carbocycles. The highest BCUT2D eigenvalue weighted by molar-refractivity contribution is 5.78. The molecule has 1 fully saturated rings. The van der Waals surface area contributed by atoms with Gasteiger partial charge < -0.3 is 19.3 Å². The van der Waals surface area contributed by atoms with Crippen LogP contribution in [-0.2, 0) is 4.79 Å². The van der Waals surface area contributed by atoms with E-state index in [1.807, 2.05) is 18.2 Å². The van der Waals surface area contributed by atoms with Crippen molar-refractivity contribution >= 4 is 17.4 Å². The molecule has 2 heterocycles. The van der Waals surface area contributed by atoms with E-state index in [1.165, 1.54) is 25.3 Å². The molecule has 0 unspecified atom stereocenters. The Bertz CT molecular complexity index is 807. The molecule has 0 N–H and O–H groups in total. The van der Waals surface area contributed by atoms with Crippen molar-refractivity contribution in [2.24, 2.45) is 0 Å². The minimum Gasteiger partial charge on any atom is -0.493 e. The Morgan fingerprint density at radius 1 is 1.19 bits per heavy atom. The zero-order valence-electron chi connectivity index (χ0n) is 14.9. The molecule has 0 saturated carbocycles. The van der Waals surface area contributed by atoms with Gasteiger partial charge in [0.1, 0.15) is 5.82 Å². The number of non-ortho nitro benzene ring substituents is 1. The van der Waals surface area contributed by atoms with Gasteiger partial charge in [0.25, 0.3) is 11.6 Å². The number of ether oxygens (including phenoxy) is 2. The number of nitrogens with zero attached hydrogens (tertiary/aromatic N) is 4. The third-order valence-corrected chi connectivity index (χ3v) is 4.31. The predicted octanol–water partition coefficient (Wildman–Crippen LogP) is 1.73. The van der Waals surface area contributed by atoms with E-state index in [4.69, 9.17) is 9.47 Å². The van der Waals surface area contributed by atoms with Crippen LogP contribution in [0.1, 0.15) is 0 Å². The molecule has 0 spiro atoms. The second kappa shape index (κ2) is 8.35. The van der Waals surface area contributed by atoms with Gasteiger partial charge in [-0.2, -0.15) is 0 Å². The topological polar surface area (TPSA) is 98.0 Å². The van der Waals surface area contributed by atoms with Gasteiger partial charge >= 0.3 is 0 Å². The molecule has 0 bridgehead atoms. The van der Waals surface area contributed by atoms with Crippen LogP contribution in [0.5, 0.6) is 11.5 Å². The summed E-state index contributed by atoms with van der Waals surface area (Å²) in [5.41, 5.74) is -0.123. The van der Waals surface area contributed by atoms with Crippen LogP contribution in [0.4, 0.5) is 11.5 Å². The summed E-state index contributed by atoms with van der Waals surface area (Å²) in [6, 6.07) is 9.76. The number of methoxy groups -OCH3 is 1. The first-order valence-corrected chi connectivity index (χ1v) is 8.47. The molecule has 0 radical (unpaired) electrons. The molecule has 3 rings (SSSR count). The third-order valence-electron chi connectivity index (χ3n) is 4.31. The Balaban J connectivity index is 1.56. The molecule has 1 aromatic carbocycles. The summed E-state index contributed by atoms with van der Waals surface area (Å²) < 4.78 is 10.6. The first-order chi connectivity index (χ1) is 13.1. The Morgan fingerprint density at radius 2 is 1.96 bits per heavy atom. The van der Waals surface area contributed by atoms with Crippen molar-refractivity contribution in [3.8, 4) is 11.5 Å². The highest BCUT2D eigenvalue weighted by Crippen LogP contribution is 2.31. The number of piperazine rings is 1. The second-order valence-corrected chi connectivity index (χ2v) is 5.94. The molecular weight excluding hydrogens is 352 g/mol. The average molecular weight is 372 g/mol. The smallest absolute Gasteiger partial charge is 0.273 e. The highest BCUT2D eigenvalue weighted by Gasteiger charge is 2.23. The van der Waals surface area contributed by atoms with Crippen LogP contribution in [0, 0.1) is 10.1 Å². The Labute approximate surface area is 156 Å². The number of carbonyl (C=O) groups excluding carboxylic acids is 1. The normalized spacial score (nSPS) is 14.0. The lowest BCUT2D eigenvalue weighted by Gasteiger charge is -2.35. The predicted molar refractivity (Wildman–Crippen MR) is 98.2 cm³/mol.